The van der Waals surface area contributed by atoms with Crippen LogP contribution in [0.3, 0.4) is 0 Å². The lowest BCUT2D eigenvalue weighted by molar-refractivity contribution is -0.885. The predicted octanol–water partition coefficient (Wildman–Crippen LogP) is 0.315. The fourth-order valence-corrected chi connectivity index (χ4v) is 1.97. The summed E-state index contributed by atoms with van der Waals surface area (Å²) in [6.07, 6.45) is 0. The van der Waals surface area contributed by atoms with Gasteiger partial charge in [-0.3, -0.25) is 9.59 Å². The number of quaternary nitrogens is 1. The molecule has 124 valence electrons. The SMILES string of the molecule is C[C@@H](C(=O)Nc1ccc(C#N)cc1)[NH+](C)CC(=O)NC(C)(C)C. The van der Waals surface area contributed by atoms with Crippen LogP contribution in [0.2, 0.25) is 0 Å². The number of likely N-dealkylation sites (N-methyl/N-ethyl adjacent to an activating group) is 1. The highest BCUT2D eigenvalue weighted by Crippen LogP contribution is 2.08. The van der Waals surface area contributed by atoms with Gasteiger partial charge in [0.2, 0.25) is 0 Å². The van der Waals surface area contributed by atoms with Gasteiger partial charge < -0.3 is 15.5 Å². The van der Waals surface area contributed by atoms with Crippen molar-refractivity contribution in [1.82, 2.24) is 5.32 Å². The van der Waals surface area contributed by atoms with Crippen LogP contribution in [0.4, 0.5) is 5.69 Å². The fourth-order valence-electron chi connectivity index (χ4n) is 1.97. The molecule has 0 saturated heterocycles. The zero-order valence-electron chi connectivity index (χ0n) is 14.4. The number of amides is 2. The van der Waals surface area contributed by atoms with Crippen LogP contribution in [0.15, 0.2) is 24.3 Å². The first-order valence-corrected chi connectivity index (χ1v) is 7.57. The van der Waals surface area contributed by atoms with Gasteiger partial charge in [0.1, 0.15) is 0 Å². The average molecular weight is 317 g/mol. The topological polar surface area (TPSA) is 86.4 Å². The van der Waals surface area contributed by atoms with Crippen molar-refractivity contribution in [1.29, 1.82) is 5.26 Å². The first-order chi connectivity index (χ1) is 10.6. The summed E-state index contributed by atoms with van der Waals surface area (Å²) in [6, 6.07) is 8.31. The van der Waals surface area contributed by atoms with Gasteiger partial charge in [-0.2, -0.15) is 5.26 Å². The third-order valence-corrected chi connectivity index (χ3v) is 3.37. The normalized spacial score (nSPS) is 13.6. The lowest BCUT2D eigenvalue weighted by atomic mass is 10.1. The van der Waals surface area contributed by atoms with Crippen molar-refractivity contribution in [3.05, 3.63) is 29.8 Å². The van der Waals surface area contributed by atoms with E-state index < -0.39 is 0 Å². The molecule has 6 heteroatoms. The summed E-state index contributed by atoms with van der Waals surface area (Å²) in [7, 11) is 1.81. The third kappa shape index (κ3) is 6.49. The van der Waals surface area contributed by atoms with Crippen LogP contribution in [0.1, 0.15) is 33.3 Å². The molecule has 2 amide bonds. The molecule has 0 saturated carbocycles. The van der Waals surface area contributed by atoms with E-state index in [4.69, 9.17) is 5.26 Å². The van der Waals surface area contributed by atoms with Crippen LogP contribution >= 0.6 is 0 Å². The van der Waals surface area contributed by atoms with E-state index in [2.05, 4.69) is 10.6 Å². The molecule has 0 aliphatic rings. The van der Waals surface area contributed by atoms with Crippen LogP contribution in [-0.4, -0.2) is 37.0 Å². The molecule has 0 aromatic heterocycles. The number of carbonyl (C=O) groups is 2. The Morgan fingerprint density at radius 3 is 2.30 bits per heavy atom. The number of benzene rings is 1. The molecular weight excluding hydrogens is 292 g/mol. The molecule has 0 aliphatic carbocycles. The maximum Gasteiger partial charge on any atom is 0.282 e. The molecule has 23 heavy (non-hydrogen) atoms. The summed E-state index contributed by atoms with van der Waals surface area (Å²) in [6.45, 7) is 7.75. The van der Waals surface area contributed by atoms with Gasteiger partial charge >= 0.3 is 0 Å². The van der Waals surface area contributed by atoms with Crippen LogP contribution < -0.4 is 15.5 Å². The van der Waals surface area contributed by atoms with E-state index in [0.29, 0.717) is 11.3 Å². The Bertz CT molecular complexity index is 597. The Morgan fingerprint density at radius 2 is 1.83 bits per heavy atom. The molecule has 3 N–H and O–H groups in total. The highest BCUT2D eigenvalue weighted by Gasteiger charge is 2.25. The minimum Gasteiger partial charge on any atom is -0.347 e. The molecule has 0 spiro atoms. The van der Waals surface area contributed by atoms with E-state index in [-0.39, 0.29) is 29.9 Å². The molecule has 1 unspecified atom stereocenters. The van der Waals surface area contributed by atoms with Gasteiger partial charge in [-0.05, 0) is 52.0 Å². The van der Waals surface area contributed by atoms with E-state index in [1.807, 2.05) is 33.9 Å². The molecule has 0 radical (unpaired) electrons. The molecule has 0 bridgehead atoms. The van der Waals surface area contributed by atoms with Crippen molar-refractivity contribution < 1.29 is 14.5 Å². The van der Waals surface area contributed by atoms with Crippen molar-refractivity contribution in [3.63, 3.8) is 0 Å². The van der Waals surface area contributed by atoms with Crippen molar-refractivity contribution in [2.24, 2.45) is 0 Å². The average Bonchev–Trinajstić information content (AvgIpc) is 2.45. The summed E-state index contributed by atoms with van der Waals surface area (Å²) in [5.74, 6) is -0.260. The number of hydrogen-bond acceptors (Lipinski definition) is 3. The summed E-state index contributed by atoms with van der Waals surface area (Å²) in [4.78, 5) is 25.0. The van der Waals surface area contributed by atoms with E-state index >= 15 is 0 Å². The van der Waals surface area contributed by atoms with Gasteiger partial charge in [-0.15, -0.1) is 0 Å². The van der Waals surface area contributed by atoms with Gasteiger partial charge in [0.05, 0.1) is 18.7 Å². The number of nitrogens with one attached hydrogen (secondary N) is 3. The standard InChI is InChI=1S/C17H24N4O2/c1-12(21(5)11-15(22)20-17(2,3)4)16(23)19-14-8-6-13(10-18)7-9-14/h6-9,12H,11H2,1-5H3,(H,19,23)(H,20,22)/p+1/t12-/m0/s1. The molecule has 2 atom stereocenters. The number of carbonyl (C=O) groups excluding carboxylic acids is 2. The molecule has 1 aromatic rings. The molecule has 1 aromatic carbocycles. The summed E-state index contributed by atoms with van der Waals surface area (Å²) < 4.78 is 0. The minimum absolute atomic E-state index is 0.0898. The fraction of sp³-hybridized carbons (Fsp3) is 0.471. The first-order valence-electron chi connectivity index (χ1n) is 7.57. The van der Waals surface area contributed by atoms with E-state index in [0.717, 1.165) is 4.90 Å². The van der Waals surface area contributed by atoms with E-state index in [9.17, 15) is 9.59 Å². The van der Waals surface area contributed by atoms with Gasteiger partial charge in [0.15, 0.2) is 12.6 Å². The molecule has 0 aliphatic heterocycles. The van der Waals surface area contributed by atoms with Crippen LogP contribution in [0, 0.1) is 11.3 Å². The molecular formula is C17H25N4O2+. The van der Waals surface area contributed by atoms with Gasteiger partial charge in [0.25, 0.3) is 11.8 Å². The smallest absolute Gasteiger partial charge is 0.282 e. The van der Waals surface area contributed by atoms with E-state index in [1.165, 1.54) is 0 Å². The van der Waals surface area contributed by atoms with Gasteiger partial charge in [-0.25, -0.2) is 0 Å². The first kappa shape index (κ1) is 18.7. The largest absolute Gasteiger partial charge is 0.347 e. The molecule has 1 rings (SSSR count). The van der Waals surface area contributed by atoms with Crippen LogP contribution in [-0.2, 0) is 9.59 Å². The van der Waals surface area contributed by atoms with Crippen LogP contribution in [0.25, 0.3) is 0 Å². The second-order valence-corrected chi connectivity index (χ2v) is 6.72. The Kier molecular flexibility index (Phi) is 6.28. The van der Waals surface area contributed by atoms with Crippen LogP contribution in [0.5, 0.6) is 0 Å². The van der Waals surface area contributed by atoms with Crippen molar-refractivity contribution >= 4 is 17.5 Å². The molecule has 0 fully saturated rings. The Hall–Kier alpha value is -2.39. The lowest BCUT2D eigenvalue weighted by Crippen LogP contribution is -3.15. The molecule has 0 heterocycles. The predicted molar refractivity (Wildman–Crippen MR) is 88.9 cm³/mol. The summed E-state index contributed by atoms with van der Waals surface area (Å²) in [5, 5.41) is 14.4. The lowest BCUT2D eigenvalue weighted by Gasteiger charge is -2.24. The quantitative estimate of drug-likeness (QED) is 0.731. The zero-order chi connectivity index (χ0) is 17.6. The summed E-state index contributed by atoms with van der Waals surface area (Å²) >= 11 is 0. The van der Waals surface area contributed by atoms with Crippen molar-refractivity contribution in [3.8, 4) is 6.07 Å². The second kappa shape index (κ2) is 7.75. The van der Waals surface area contributed by atoms with E-state index in [1.54, 1.807) is 31.2 Å². The summed E-state index contributed by atoms with van der Waals surface area (Å²) in [5.41, 5.74) is 0.885. The minimum atomic E-state index is -0.378. The highest BCUT2D eigenvalue weighted by molar-refractivity contribution is 5.93. The monoisotopic (exact) mass is 317 g/mol. The maximum absolute atomic E-state index is 12.2. The Balaban J connectivity index is 2.58. The zero-order valence-corrected chi connectivity index (χ0v) is 14.4. The second-order valence-electron chi connectivity index (χ2n) is 6.72. The number of anilines is 1. The molecule has 6 nitrogen and oxygen atoms in total. The number of nitriles is 1. The number of rotatable bonds is 5. The third-order valence-electron chi connectivity index (χ3n) is 3.37. The number of nitrogens with zero attached hydrogens (tertiary/aromatic N) is 1. The number of hydrogen-bond donors (Lipinski definition) is 3. The van der Waals surface area contributed by atoms with Gasteiger partial charge in [-0.1, -0.05) is 0 Å². The van der Waals surface area contributed by atoms with Crippen molar-refractivity contribution in [2.75, 3.05) is 18.9 Å². The van der Waals surface area contributed by atoms with Gasteiger partial charge in [0, 0.05) is 11.2 Å². The highest BCUT2D eigenvalue weighted by atomic mass is 16.2. The Labute approximate surface area is 137 Å². The Morgan fingerprint density at radius 1 is 1.26 bits per heavy atom. The van der Waals surface area contributed by atoms with Crippen molar-refractivity contribution in [2.45, 2.75) is 39.3 Å². The maximum atomic E-state index is 12.2.